The molecule has 1 atom stereocenters. The quantitative estimate of drug-likeness (QED) is 0.672. The predicted molar refractivity (Wildman–Crippen MR) is 91.5 cm³/mol. The zero-order chi connectivity index (χ0) is 17.4. The summed E-state index contributed by atoms with van der Waals surface area (Å²) in [5.74, 6) is -0.665. The van der Waals surface area contributed by atoms with Crippen molar-refractivity contribution in [2.75, 3.05) is 26.2 Å². The molecule has 1 fully saturated rings. The van der Waals surface area contributed by atoms with E-state index in [9.17, 15) is 9.59 Å². The van der Waals surface area contributed by atoms with Gasteiger partial charge in [0.1, 0.15) is 0 Å². The van der Waals surface area contributed by atoms with E-state index in [0.29, 0.717) is 6.04 Å². The van der Waals surface area contributed by atoms with Crippen molar-refractivity contribution in [1.82, 2.24) is 15.1 Å². The first kappa shape index (κ1) is 19.9. The number of amides is 1. The molecular formula is C17H33N3O3. The van der Waals surface area contributed by atoms with Gasteiger partial charge in [-0.3, -0.25) is 19.4 Å². The van der Waals surface area contributed by atoms with Gasteiger partial charge in [0.05, 0.1) is 12.6 Å². The van der Waals surface area contributed by atoms with Crippen LogP contribution in [0, 0.1) is 0 Å². The number of carboxylic acids is 1. The Labute approximate surface area is 140 Å². The molecule has 2 N–H and O–H groups in total. The van der Waals surface area contributed by atoms with Gasteiger partial charge in [-0.15, -0.1) is 0 Å². The van der Waals surface area contributed by atoms with Crippen molar-refractivity contribution in [3.63, 3.8) is 0 Å². The van der Waals surface area contributed by atoms with Crippen LogP contribution < -0.4 is 5.32 Å². The standard InChI is InChI=1S/C17H33N3O3/c1-5-14(6-2)18-17(23)13(4)20-10-8-15(9-11-20)19(7-3)12-16(21)22/h13-15H,5-12H2,1-4H3,(H,18,23)(H,21,22). The van der Waals surface area contributed by atoms with Gasteiger partial charge in [0, 0.05) is 25.2 Å². The number of aliphatic carboxylic acids is 1. The molecule has 0 aromatic heterocycles. The van der Waals surface area contributed by atoms with Crippen LogP contribution in [0.3, 0.4) is 0 Å². The number of likely N-dealkylation sites (tertiary alicyclic amines) is 1. The van der Waals surface area contributed by atoms with Gasteiger partial charge in [0.25, 0.3) is 0 Å². The Bertz CT molecular complexity index is 377. The number of carboxylic acid groups (broad SMARTS) is 1. The molecule has 0 aromatic rings. The van der Waals surface area contributed by atoms with Crippen LogP contribution >= 0.6 is 0 Å². The van der Waals surface area contributed by atoms with Crippen LogP contribution in [-0.4, -0.2) is 71.1 Å². The fourth-order valence-corrected chi connectivity index (χ4v) is 3.29. The molecule has 134 valence electrons. The smallest absolute Gasteiger partial charge is 0.317 e. The second kappa shape index (κ2) is 9.88. The number of hydrogen-bond donors (Lipinski definition) is 2. The average molecular weight is 327 g/mol. The zero-order valence-electron chi connectivity index (χ0n) is 15.0. The molecule has 6 nitrogen and oxygen atoms in total. The van der Waals surface area contributed by atoms with Crippen LogP contribution in [0.2, 0.25) is 0 Å². The summed E-state index contributed by atoms with van der Waals surface area (Å²) in [6.45, 7) is 10.7. The highest BCUT2D eigenvalue weighted by Crippen LogP contribution is 2.18. The molecule has 1 unspecified atom stereocenters. The van der Waals surface area contributed by atoms with Crippen molar-refractivity contribution in [2.24, 2.45) is 0 Å². The summed E-state index contributed by atoms with van der Waals surface area (Å²) in [5.41, 5.74) is 0. The molecule has 1 saturated heterocycles. The van der Waals surface area contributed by atoms with Gasteiger partial charge >= 0.3 is 5.97 Å². The highest BCUT2D eigenvalue weighted by molar-refractivity contribution is 5.81. The largest absolute Gasteiger partial charge is 0.480 e. The number of carbonyl (C=O) groups excluding carboxylic acids is 1. The lowest BCUT2D eigenvalue weighted by atomic mass is 10.0. The van der Waals surface area contributed by atoms with Crippen LogP contribution in [0.15, 0.2) is 0 Å². The molecule has 23 heavy (non-hydrogen) atoms. The predicted octanol–water partition coefficient (Wildman–Crippen LogP) is 1.55. The van der Waals surface area contributed by atoms with E-state index in [1.165, 1.54) is 0 Å². The van der Waals surface area contributed by atoms with Gasteiger partial charge in [-0.25, -0.2) is 0 Å². The summed E-state index contributed by atoms with van der Waals surface area (Å²) in [4.78, 5) is 27.5. The maximum atomic E-state index is 12.3. The molecule has 0 aliphatic carbocycles. The minimum absolute atomic E-state index is 0.103. The summed E-state index contributed by atoms with van der Waals surface area (Å²) >= 11 is 0. The van der Waals surface area contributed by atoms with Crippen LogP contribution in [0.25, 0.3) is 0 Å². The van der Waals surface area contributed by atoms with E-state index in [4.69, 9.17) is 5.11 Å². The third-order valence-corrected chi connectivity index (χ3v) is 5.02. The van der Waals surface area contributed by atoms with Crippen molar-refractivity contribution in [2.45, 2.75) is 71.5 Å². The van der Waals surface area contributed by atoms with E-state index in [0.717, 1.165) is 45.3 Å². The Kier molecular flexibility index (Phi) is 8.55. The van der Waals surface area contributed by atoms with Crippen molar-refractivity contribution in [3.8, 4) is 0 Å². The lowest BCUT2D eigenvalue weighted by Crippen LogP contribution is -2.53. The number of piperidine rings is 1. The molecule has 1 aliphatic heterocycles. The summed E-state index contributed by atoms with van der Waals surface area (Å²) in [6, 6.07) is 0.446. The summed E-state index contributed by atoms with van der Waals surface area (Å²) in [5, 5.41) is 12.1. The maximum absolute atomic E-state index is 12.3. The van der Waals surface area contributed by atoms with Gasteiger partial charge in [-0.1, -0.05) is 20.8 Å². The van der Waals surface area contributed by atoms with E-state index in [1.54, 1.807) is 0 Å². The fraction of sp³-hybridized carbons (Fsp3) is 0.882. The second-order valence-electron chi connectivity index (χ2n) is 6.42. The Hall–Kier alpha value is -1.14. The van der Waals surface area contributed by atoms with Crippen molar-refractivity contribution < 1.29 is 14.7 Å². The fourth-order valence-electron chi connectivity index (χ4n) is 3.29. The highest BCUT2D eigenvalue weighted by Gasteiger charge is 2.29. The van der Waals surface area contributed by atoms with Crippen LogP contribution in [-0.2, 0) is 9.59 Å². The van der Waals surface area contributed by atoms with Gasteiger partial charge in [0.2, 0.25) is 5.91 Å². The summed E-state index contributed by atoms with van der Waals surface area (Å²) < 4.78 is 0. The molecule has 0 saturated carbocycles. The molecule has 1 amide bonds. The van der Waals surface area contributed by atoms with Gasteiger partial charge < -0.3 is 10.4 Å². The topological polar surface area (TPSA) is 72.9 Å². The molecule has 0 bridgehead atoms. The van der Waals surface area contributed by atoms with E-state index >= 15 is 0 Å². The number of hydrogen-bond acceptors (Lipinski definition) is 4. The molecule has 0 spiro atoms. The minimum Gasteiger partial charge on any atom is -0.480 e. The molecule has 1 heterocycles. The molecule has 0 radical (unpaired) electrons. The monoisotopic (exact) mass is 327 g/mol. The highest BCUT2D eigenvalue weighted by atomic mass is 16.4. The first-order chi connectivity index (χ1) is 10.9. The van der Waals surface area contributed by atoms with Crippen LogP contribution in [0.5, 0.6) is 0 Å². The van der Waals surface area contributed by atoms with E-state index in [-0.39, 0.29) is 24.5 Å². The maximum Gasteiger partial charge on any atom is 0.317 e. The normalized spacial score (nSPS) is 18.3. The van der Waals surface area contributed by atoms with E-state index in [2.05, 4.69) is 24.1 Å². The van der Waals surface area contributed by atoms with Crippen molar-refractivity contribution in [1.29, 1.82) is 0 Å². The van der Waals surface area contributed by atoms with Gasteiger partial charge in [0.15, 0.2) is 0 Å². The number of nitrogens with one attached hydrogen (secondary N) is 1. The number of rotatable bonds is 9. The first-order valence-corrected chi connectivity index (χ1v) is 8.93. The molecule has 0 aromatic carbocycles. The summed E-state index contributed by atoms with van der Waals surface area (Å²) in [6.07, 6.45) is 3.75. The number of carbonyl (C=O) groups is 2. The lowest BCUT2D eigenvalue weighted by molar-refractivity contribution is -0.139. The van der Waals surface area contributed by atoms with Crippen LogP contribution in [0.4, 0.5) is 0 Å². The minimum atomic E-state index is -0.771. The van der Waals surface area contributed by atoms with Crippen LogP contribution in [0.1, 0.15) is 53.4 Å². The second-order valence-corrected chi connectivity index (χ2v) is 6.42. The Morgan fingerprint density at radius 1 is 1.22 bits per heavy atom. The van der Waals surface area contributed by atoms with E-state index in [1.807, 2.05) is 18.7 Å². The zero-order valence-corrected chi connectivity index (χ0v) is 15.0. The number of likely N-dealkylation sites (N-methyl/N-ethyl adjacent to an activating group) is 1. The summed E-state index contributed by atoms with van der Waals surface area (Å²) in [7, 11) is 0. The SMILES string of the molecule is CCC(CC)NC(=O)C(C)N1CCC(N(CC)CC(=O)O)CC1. The third kappa shape index (κ3) is 6.11. The third-order valence-electron chi connectivity index (χ3n) is 5.02. The molecule has 1 aliphatic rings. The van der Waals surface area contributed by atoms with Gasteiger partial charge in [-0.05, 0) is 39.2 Å². The molecular weight excluding hydrogens is 294 g/mol. The Morgan fingerprint density at radius 3 is 2.22 bits per heavy atom. The van der Waals surface area contributed by atoms with Crippen molar-refractivity contribution >= 4 is 11.9 Å². The Morgan fingerprint density at radius 2 is 1.78 bits per heavy atom. The molecule has 1 rings (SSSR count). The average Bonchev–Trinajstić information content (AvgIpc) is 2.56. The Balaban J connectivity index is 2.48. The van der Waals surface area contributed by atoms with Gasteiger partial charge in [-0.2, -0.15) is 0 Å². The number of nitrogens with zero attached hydrogens (tertiary/aromatic N) is 2. The van der Waals surface area contributed by atoms with E-state index < -0.39 is 5.97 Å². The first-order valence-electron chi connectivity index (χ1n) is 8.93. The molecule has 6 heteroatoms. The lowest BCUT2D eigenvalue weighted by Gasteiger charge is -2.39. The van der Waals surface area contributed by atoms with Crippen molar-refractivity contribution in [3.05, 3.63) is 0 Å².